The Kier molecular flexibility index (Phi) is 5.20. The van der Waals surface area contributed by atoms with Gasteiger partial charge >= 0.3 is 0 Å². The fourth-order valence-electron chi connectivity index (χ4n) is 2.62. The van der Waals surface area contributed by atoms with Gasteiger partial charge in [0.15, 0.2) is 0 Å². The van der Waals surface area contributed by atoms with Gasteiger partial charge in [-0.1, -0.05) is 39.8 Å². The molecule has 1 aromatic rings. The van der Waals surface area contributed by atoms with Crippen LogP contribution in [0.15, 0.2) is 18.2 Å². The molecule has 1 aliphatic rings. The summed E-state index contributed by atoms with van der Waals surface area (Å²) in [7, 11) is 0. The van der Waals surface area contributed by atoms with Crippen LogP contribution in [0.3, 0.4) is 0 Å². The van der Waals surface area contributed by atoms with E-state index in [0.29, 0.717) is 17.9 Å². The summed E-state index contributed by atoms with van der Waals surface area (Å²) in [6.45, 7) is 9.12. The van der Waals surface area contributed by atoms with Gasteiger partial charge in [0.2, 0.25) is 0 Å². The first-order valence-corrected chi connectivity index (χ1v) is 8.71. The van der Waals surface area contributed by atoms with Crippen LogP contribution >= 0.6 is 11.8 Å². The zero-order valence-corrected chi connectivity index (χ0v) is 13.5. The number of rotatable bonds is 4. The zero-order chi connectivity index (χ0) is 13.8. The molecule has 2 heteroatoms. The first kappa shape index (κ1) is 14.8. The molecule has 1 heterocycles. The molecule has 1 fully saturated rings. The highest BCUT2D eigenvalue weighted by Gasteiger charge is 2.16. The lowest BCUT2D eigenvalue weighted by molar-refractivity contribution is 0.682. The number of benzene rings is 1. The number of anilines is 1. The number of hydrogen-bond donors (Lipinski definition) is 1. The third-order valence-electron chi connectivity index (χ3n) is 3.88. The average Bonchev–Trinajstić information content (AvgIpc) is 2.39. The normalized spacial score (nSPS) is 20.0. The second kappa shape index (κ2) is 6.69. The van der Waals surface area contributed by atoms with Crippen molar-refractivity contribution in [3.8, 4) is 0 Å². The predicted molar refractivity (Wildman–Crippen MR) is 88.6 cm³/mol. The third kappa shape index (κ3) is 3.92. The van der Waals surface area contributed by atoms with E-state index < -0.39 is 0 Å². The Hall–Kier alpha value is -0.630. The van der Waals surface area contributed by atoms with Gasteiger partial charge in [-0.3, -0.25) is 0 Å². The van der Waals surface area contributed by atoms with Crippen LogP contribution in [0.5, 0.6) is 0 Å². The molecule has 1 unspecified atom stereocenters. The van der Waals surface area contributed by atoms with E-state index in [2.05, 4.69) is 63.0 Å². The van der Waals surface area contributed by atoms with Crippen LogP contribution < -0.4 is 5.32 Å². The van der Waals surface area contributed by atoms with Gasteiger partial charge < -0.3 is 5.32 Å². The minimum Gasteiger partial charge on any atom is -0.381 e. The molecule has 0 amide bonds. The number of hydrogen-bond acceptors (Lipinski definition) is 2. The molecule has 1 N–H and O–H groups in total. The van der Waals surface area contributed by atoms with Gasteiger partial charge in [0.05, 0.1) is 0 Å². The molecule has 0 radical (unpaired) electrons. The van der Waals surface area contributed by atoms with E-state index in [4.69, 9.17) is 0 Å². The van der Waals surface area contributed by atoms with Crippen LogP contribution in [0.25, 0.3) is 0 Å². The highest BCUT2D eigenvalue weighted by molar-refractivity contribution is 7.99. The monoisotopic (exact) mass is 277 g/mol. The molecule has 0 aliphatic carbocycles. The highest BCUT2D eigenvalue weighted by Crippen LogP contribution is 2.30. The molecule has 0 saturated carbocycles. The lowest BCUT2D eigenvalue weighted by atomic mass is 9.94. The largest absolute Gasteiger partial charge is 0.381 e. The highest BCUT2D eigenvalue weighted by atomic mass is 32.2. The lowest BCUT2D eigenvalue weighted by Crippen LogP contribution is -2.26. The van der Waals surface area contributed by atoms with E-state index in [0.717, 1.165) is 0 Å². The maximum Gasteiger partial charge on any atom is 0.0377 e. The summed E-state index contributed by atoms with van der Waals surface area (Å²) in [5.41, 5.74) is 4.28. The zero-order valence-electron chi connectivity index (χ0n) is 12.7. The van der Waals surface area contributed by atoms with Gasteiger partial charge in [-0.05, 0) is 47.6 Å². The Morgan fingerprint density at radius 2 is 1.95 bits per heavy atom. The quantitative estimate of drug-likeness (QED) is 0.807. The Balaban J connectivity index is 2.18. The van der Waals surface area contributed by atoms with Crippen molar-refractivity contribution in [1.82, 2.24) is 0 Å². The number of thioether (sulfide) groups is 1. The van der Waals surface area contributed by atoms with E-state index in [-0.39, 0.29) is 0 Å². The topological polar surface area (TPSA) is 12.0 Å². The molecule has 2 rings (SSSR count). The Morgan fingerprint density at radius 1 is 1.16 bits per heavy atom. The predicted octanol–water partition coefficient (Wildman–Crippen LogP) is 5.24. The Bertz CT molecular complexity index is 406. The van der Waals surface area contributed by atoms with Gasteiger partial charge in [-0.25, -0.2) is 0 Å². The van der Waals surface area contributed by atoms with Gasteiger partial charge in [-0.2, -0.15) is 11.8 Å². The Labute approximate surface area is 122 Å². The summed E-state index contributed by atoms with van der Waals surface area (Å²) in [4.78, 5) is 0. The van der Waals surface area contributed by atoms with E-state index in [1.165, 1.54) is 41.2 Å². The summed E-state index contributed by atoms with van der Waals surface area (Å²) in [6, 6.07) is 7.63. The second-order valence-corrected chi connectivity index (χ2v) is 7.36. The first-order valence-electron chi connectivity index (χ1n) is 7.56. The van der Waals surface area contributed by atoms with E-state index in [1.807, 2.05) is 0 Å². The van der Waals surface area contributed by atoms with Crippen LogP contribution in [-0.2, 0) is 0 Å². The van der Waals surface area contributed by atoms with E-state index in [1.54, 1.807) is 0 Å². The fourth-order valence-corrected chi connectivity index (χ4v) is 3.70. The average molecular weight is 277 g/mol. The van der Waals surface area contributed by atoms with Crippen LogP contribution in [0, 0.1) is 0 Å². The minimum atomic E-state index is 0.581. The molecule has 1 aliphatic heterocycles. The molecule has 19 heavy (non-hydrogen) atoms. The maximum absolute atomic E-state index is 3.78. The molecular formula is C17H27NS. The molecule has 1 nitrogen and oxygen atoms in total. The second-order valence-electron chi connectivity index (χ2n) is 6.21. The summed E-state index contributed by atoms with van der Waals surface area (Å²) in [5, 5.41) is 3.78. The minimum absolute atomic E-state index is 0.581. The lowest BCUT2D eigenvalue weighted by Gasteiger charge is -2.26. The SMILES string of the molecule is CC(C)c1ccc(NC2CCCSC2)c(C(C)C)c1. The summed E-state index contributed by atoms with van der Waals surface area (Å²) in [6.07, 6.45) is 2.67. The molecule has 0 bridgehead atoms. The Morgan fingerprint density at radius 3 is 2.53 bits per heavy atom. The molecule has 106 valence electrons. The van der Waals surface area contributed by atoms with Gasteiger partial charge in [0.1, 0.15) is 0 Å². The van der Waals surface area contributed by atoms with Crippen molar-refractivity contribution in [3.63, 3.8) is 0 Å². The van der Waals surface area contributed by atoms with Crippen LogP contribution in [-0.4, -0.2) is 17.5 Å². The summed E-state index contributed by atoms with van der Waals surface area (Å²) in [5.74, 6) is 3.78. The number of nitrogens with one attached hydrogen (secondary N) is 1. The molecule has 0 aromatic heterocycles. The maximum atomic E-state index is 3.78. The van der Waals surface area contributed by atoms with Crippen LogP contribution in [0.2, 0.25) is 0 Å². The molecule has 0 spiro atoms. The van der Waals surface area contributed by atoms with E-state index >= 15 is 0 Å². The van der Waals surface area contributed by atoms with Crippen LogP contribution in [0.4, 0.5) is 5.69 Å². The van der Waals surface area contributed by atoms with E-state index in [9.17, 15) is 0 Å². The summed E-state index contributed by atoms with van der Waals surface area (Å²) < 4.78 is 0. The third-order valence-corrected chi connectivity index (χ3v) is 5.10. The van der Waals surface area contributed by atoms with Crippen molar-refractivity contribution < 1.29 is 0 Å². The van der Waals surface area contributed by atoms with Crippen LogP contribution in [0.1, 0.15) is 63.5 Å². The van der Waals surface area contributed by atoms with Crippen molar-refractivity contribution in [2.24, 2.45) is 0 Å². The van der Waals surface area contributed by atoms with Gasteiger partial charge in [-0.15, -0.1) is 0 Å². The van der Waals surface area contributed by atoms with Crippen molar-refractivity contribution >= 4 is 17.4 Å². The van der Waals surface area contributed by atoms with Crippen molar-refractivity contribution in [3.05, 3.63) is 29.3 Å². The molecular weight excluding hydrogens is 250 g/mol. The van der Waals surface area contributed by atoms with Crippen molar-refractivity contribution in [1.29, 1.82) is 0 Å². The smallest absolute Gasteiger partial charge is 0.0377 e. The molecule has 1 aromatic carbocycles. The van der Waals surface area contributed by atoms with Gasteiger partial charge in [0.25, 0.3) is 0 Å². The fraction of sp³-hybridized carbons (Fsp3) is 0.647. The van der Waals surface area contributed by atoms with Crippen molar-refractivity contribution in [2.45, 2.75) is 58.4 Å². The molecule has 1 atom stereocenters. The molecule has 1 saturated heterocycles. The first-order chi connectivity index (χ1) is 9.08. The van der Waals surface area contributed by atoms with Crippen molar-refractivity contribution in [2.75, 3.05) is 16.8 Å². The summed E-state index contributed by atoms with van der Waals surface area (Å²) >= 11 is 2.08. The standard InChI is InChI=1S/C17H27NS/c1-12(2)14-7-8-17(16(10-14)13(3)4)18-15-6-5-9-19-11-15/h7-8,10,12-13,15,18H,5-6,9,11H2,1-4H3. The van der Waals surface area contributed by atoms with Gasteiger partial charge in [0, 0.05) is 17.5 Å².